The molecule has 1 aromatic rings. The van der Waals surface area contributed by atoms with E-state index in [0.29, 0.717) is 0 Å². The van der Waals surface area contributed by atoms with Gasteiger partial charge in [-0.25, -0.2) is 0 Å². The summed E-state index contributed by atoms with van der Waals surface area (Å²) in [7, 11) is 0. The average Bonchev–Trinajstić information content (AvgIpc) is 2.01. The lowest BCUT2D eigenvalue weighted by Gasteiger charge is -2.08. The largest absolute Gasteiger partial charge is 0.0625 e. The molecule has 0 atom stereocenters. The third kappa shape index (κ3) is 3.22. The third-order valence-electron chi connectivity index (χ3n) is 2.16. The quantitative estimate of drug-likeness (QED) is 0.658. The van der Waals surface area contributed by atoms with E-state index in [1.165, 1.54) is 11.1 Å². The van der Waals surface area contributed by atoms with Crippen molar-refractivity contribution in [3.8, 4) is 0 Å². The van der Waals surface area contributed by atoms with E-state index in [1.54, 1.807) is 0 Å². The van der Waals surface area contributed by atoms with Crippen LogP contribution in [-0.4, -0.2) is 0 Å². The molecule has 0 bridgehead atoms. The van der Waals surface area contributed by atoms with Gasteiger partial charge in [-0.1, -0.05) is 39.0 Å². The number of rotatable bonds is 3. The van der Waals surface area contributed by atoms with Gasteiger partial charge in [0, 0.05) is 0 Å². The van der Waals surface area contributed by atoms with Gasteiger partial charge >= 0.3 is 0 Å². The van der Waals surface area contributed by atoms with Crippen LogP contribution in [-0.2, 0) is 12.8 Å². The Balaban J connectivity index is 2.88. The van der Waals surface area contributed by atoms with Crippen molar-refractivity contribution >= 4 is 0 Å². The van der Waals surface area contributed by atoms with Gasteiger partial charge in [-0.2, -0.15) is 0 Å². The van der Waals surface area contributed by atoms with Gasteiger partial charge in [-0.3, -0.25) is 0 Å². The number of hydrogen-bond donors (Lipinski definition) is 0. The van der Waals surface area contributed by atoms with Gasteiger partial charge in [-0.05, 0) is 42.4 Å². The Morgan fingerprint density at radius 2 is 1.77 bits per heavy atom. The molecule has 1 aromatic carbocycles. The van der Waals surface area contributed by atoms with Crippen LogP contribution in [0, 0.1) is 12.8 Å². The minimum absolute atomic E-state index is 0.728. The van der Waals surface area contributed by atoms with E-state index in [2.05, 4.69) is 45.9 Å². The fourth-order valence-corrected chi connectivity index (χ4v) is 1.63. The number of hydrogen-bond acceptors (Lipinski definition) is 0. The van der Waals surface area contributed by atoms with Crippen molar-refractivity contribution in [1.29, 1.82) is 0 Å². The van der Waals surface area contributed by atoms with Crippen LogP contribution in [0.3, 0.4) is 0 Å². The van der Waals surface area contributed by atoms with Crippen LogP contribution in [0.15, 0.2) is 18.2 Å². The molecule has 0 fully saturated rings. The molecule has 0 aliphatic heterocycles. The van der Waals surface area contributed by atoms with Gasteiger partial charge in [0.2, 0.25) is 0 Å². The first kappa shape index (κ1) is 10.3. The lowest BCUT2D eigenvalue weighted by atomic mass is 9.98. The van der Waals surface area contributed by atoms with Crippen molar-refractivity contribution in [3.63, 3.8) is 0 Å². The molecule has 0 aliphatic rings. The first-order valence-corrected chi connectivity index (χ1v) is 5.06. The zero-order valence-corrected chi connectivity index (χ0v) is 8.93. The Bertz CT molecular complexity index is 271. The van der Waals surface area contributed by atoms with E-state index in [0.717, 1.165) is 24.3 Å². The highest BCUT2D eigenvalue weighted by Gasteiger charge is 2.00. The zero-order chi connectivity index (χ0) is 9.84. The van der Waals surface area contributed by atoms with Gasteiger partial charge in [0.1, 0.15) is 0 Å². The molecule has 0 nitrogen and oxygen atoms in total. The lowest BCUT2D eigenvalue weighted by molar-refractivity contribution is 0.646. The highest BCUT2D eigenvalue weighted by molar-refractivity contribution is 5.32. The van der Waals surface area contributed by atoms with Gasteiger partial charge in [0.25, 0.3) is 0 Å². The van der Waals surface area contributed by atoms with E-state index in [-0.39, 0.29) is 0 Å². The Kier molecular flexibility index (Phi) is 3.53. The lowest BCUT2D eigenvalue weighted by Crippen LogP contribution is -1.96. The van der Waals surface area contributed by atoms with Crippen LogP contribution in [0.1, 0.15) is 37.5 Å². The van der Waals surface area contributed by atoms with Gasteiger partial charge in [0.05, 0.1) is 0 Å². The summed E-state index contributed by atoms with van der Waals surface area (Å²) < 4.78 is 0. The molecule has 0 heterocycles. The van der Waals surface area contributed by atoms with Gasteiger partial charge in [-0.15, -0.1) is 0 Å². The summed E-state index contributed by atoms with van der Waals surface area (Å²) in [6, 6.07) is 6.66. The van der Waals surface area contributed by atoms with E-state index in [9.17, 15) is 0 Å². The average molecular weight is 175 g/mol. The molecule has 0 aliphatic carbocycles. The van der Waals surface area contributed by atoms with Gasteiger partial charge < -0.3 is 0 Å². The predicted octanol–water partition coefficient (Wildman–Crippen LogP) is 3.63. The predicted molar refractivity (Wildman–Crippen MR) is 58.8 cm³/mol. The summed E-state index contributed by atoms with van der Waals surface area (Å²) in [6.45, 7) is 10.7. The second kappa shape index (κ2) is 4.45. The molecule has 71 valence electrons. The fraction of sp³-hybridized carbons (Fsp3) is 0.462. The first-order valence-electron chi connectivity index (χ1n) is 5.06. The van der Waals surface area contributed by atoms with Crippen LogP contribution >= 0.6 is 0 Å². The molecule has 1 radical (unpaired) electrons. The molecule has 0 N–H and O–H groups in total. The van der Waals surface area contributed by atoms with Gasteiger partial charge in [0.15, 0.2) is 0 Å². The Labute approximate surface area is 82.0 Å². The molecule has 1 rings (SSSR count). The van der Waals surface area contributed by atoms with Crippen LogP contribution in [0.2, 0.25) is 0 Å². The van der Waals surface area contributed by atoms with Crippen molar-refractivity contribution < 1.29 is 0 Å². The molecule has 0 amide bonds. The smallest absolute Gasteiger partial charge is 0.0238 e. The normalized spacial score (nSPS) is 10.8. The first-order chi connectivity index (χ1) is 6.11. The molecule has 0 heteroatoms. The number of aryl methyl sites for hydroxylation is 1. The van der Waals surface area contributed by atoms with Crippen molar-refractivity contribution in [2.75, 3.05) is 0 Å². The molecule has 13 heavy (non-hydrogen) atoms. The van der Waals surface area contributed by atoms with Crippen molar-refractivity contribution in [1.82, 2.24) is 0 Å². The van der Waals surface area contributed by atoms with Crippen LogP contribution in [0.4, 0.5) is 0 Å². The SMILES string of the molecule is [CH2]c1cc(CC)cc(CC(C)C)c1. The monoisotopic (exact) mass is 175 g/mol. The molecule has 0 saturated heterocycles. The summed E-state index contributed by atoms with van der Waals surface area (Å²) in [5, 5.41) is 0. The molecular weight excluding hydrogens is 156 g/mol. The highest BCUT2D eigenvalue weighted by Crippen LogP contribution is 2.14. The minimum atomic E-state index is 0.728. The molecule has 0 unspecified atom stereocenters. The van der Waals surface area contributed by atoms with Crippen LogP contribution < -0.4 is 0 Å². The summed E-state index contributed by atoms with van der Waals surface area (Å²) >= 11 is 0. The molecular formula is C13H19. The number of benzene rings is 1. The molecule has 0 aromatic heterocycles. The fourth-order valence-electron chi connectivity index (χ4n) is 1.63. The maximum atomic E-state index is 4.00. The molecule has 0 saturated carbocycles. The Morgan fingerprint density at radius 3 is 2.31 bits per heavy atom. The summed E-state index contributed by atoms with van der Waals surface area (Å²) in [6.07, 6.45) is 2.27. The summed E-state index contributed by atoms with van der Waals surface area (Å²) in [5.41, 5.74) is 3.98. The van der Waals surface area contributed by atoms with E-state index >= 15 is 0 Å². The zero-order valence-electron chi connectivity index (χ0n) is 8.93. The minimum Gasteiger partial charge on any atom is -0.0625 e. The summed E-state index contributed by atoms with van der Waals surface area (Å²) in [5.74, 6) is 0.728. The highest BCUT2D eigenvalue weighted by atomic mass is 14.1. The van der Waals surface area contributed by atoms with Crippen molar-refractivity contribution in [3.05, 3.63) is 41.8 Å². The molecule has 0 spiro atoms. The van der Waals surface area contributed by atoms with E-state index in [1.807, 2.05) is 0 Å². The van der Waals surface area contributed by atoms with Crippen molar-refractivity contribution in [2.24, 2.45) is 5.92 Å². The standard InChI is InChI=1S/C13H19/c1-5-12-7-11(4)8-13(9-12)6-10(2)3/h7-10H,4-6H2,1-3H3. The maximum Gasteiger partial charge on any atom is -0.0238 e. The topological polar surface area (TPSA) is 0 Å². The Morgan fingerprint density at radius 1 is 1.15 bits per heavy atom. The van der Waals surface area contributed by atoms with Crippen LogP contribution in [0.25, 0.3) is 0 Å². The van der Waals surface area contributed by atoms with E-state index in [4.69, 9.17) is 0 Å². The third-order valence-corrected chi connectivity index (χ3v) is 2.16. The Hall–Kier alpha value is -0.780. The van der Waals surface area contributed by atoms with E-state index < -0.39 is 0 Å². The maximum absolute atomic E-state index is 4.00. The van der Waals surface area contributed by atoms with Crippen molar-refractivity contribution in [2.45, 2.75) is 33.6 Å². The summed E-state index contributed by atoms with van der Waals surface area (Å²) in [4.78, 5) is 0. The van der Waals surface area contributed by atoms with Crippen LogP contribution in [0.5, 0.6) is 0 Å². The second-order valence-electron chi connectivity index (χ2n) is 4.11. The second-order valence-corrected chi connectivity index (χ2v) is 4.11.